The predicted octanol–water partition coefficient (Wildman–Crippen LogP) is 2.56. The minimum Gasteiger partial charge on any atom is -0.384 e. The summed E-state index contributed by atoms with van der Waals surface area (Å²) in [6, 6.07) is 3.43. The fourth-order valence-corrected chi connectivity index (χ4v) is 5.75. The maximum absolute atomic E-state index is 12.3. The highest BCUT2D eigenvalue weighted by molar-refractivity contribution is 9.11. The van der Waals surface area contributed by atoms with Crippen LogP contribution in [0.3, 0.4) is 0 Å². The van der Waals surface area contributed by atoms with E-state index in [0.29, 0.717) is 23.2 Å². The molecule has 1 aliphatic rings. The molecule has 2 rings (SSSR count). The van der Waals surface area contributed by atoms with Crippen LogP contribution in [0, 0.1) is 5.92 Å². The highest BCUT2D eigenvalue weighted by Crippen LogP contribution is 2.30. The van der Waals surface area contributed by atoms with Crippen molar-refractivity contribution in [2.45, 2.75) is 17.1 Å². The lowest BCUT2D eigenvalue weighted by Gasteiger charge is -2.30. The lowest BCUT2D eigenvalue weighted by atomic mass is 9.99. The summed E-state index contributed by atoms with van der Waals surface area (Å²) in [5, 5.41) is 0. The van der Waals surface area contributed by atoms with Crippen LogP contribution in [-0.4, -0.2) is 39.5 Å². The number of hydrogen-bond acceptors (Lipinski definition) is 4. The number of rotatable bonds is 4. The van der Waals surface area contributed by atoms with E-state index in [4.69, 9.17) is 4.74 Å². The Kier molecular flexibility index (Phi) is 4.82. The molecule has 0 aromatic carbocycles. The van der Waals surface area contributed by atoms with Gasteiger partial charge in [-0.25, -0.2) is 8.42 Å². The Morgan fingerprint density at radius 3 is 2.61 bits per heavy atom. The van der Waals surface area contributed by atoms with Gasteiger partial charge in [-0.05, 0) is 46.8 Å². The molecule has 4 nitrogen and oxygen atoms in total. The molecule has 2 heterocycles. The van der Waals surface area contributed by atoms with Gasteiger partial charge < -0.3 is 4.74 Å². The third-order valence-corrected chi connectivity index (χ3v) is 7.11. The lowest BCUT2D eigenvalue weighted by molar-refractivity contribution is 0.121. The molecule has 18 heavy (non-hydrogen) atoms. The van der Waals surface area contributed by atoms with E-state index in [1.807, 2.05) is 0 Å². The number of ether oxygens (including phenoxy) is 1. The normalized spacial score (nSPS) is 19.2. The third-order valence-electron chi connectivity index (χ3n) is 3.12. The molecule has 0 atom stereocenters. The molecule has 0 radical (unpaired) electrons. The second-order valence-electron chi connectivity index (χ2n) is 4.36. The molecule has 0 bridgehead atoms. The van der Waals surface area contributed by atoms with E-state index in [0.717, 1.165) is 23.2 Å². The van der Waals surface area contributed by atoms with Crippen molar-refractivity contribution in [2.75, 3.05) is 26.8 Å². The summed E-state index contributed by atoms with van der Waals surface area (Å²) in [6.07, 6.45) is 1.75. The highest BCUT2D eigenvalue weighted by Gasteiger charge is 2.30. The minimum atomic E-state index is -3.30. The van der Waals surface area contributed by atoms with E-state index in [1.54, 1.807) is 23.5 Å². The van der Waals surface area contributed by atoms with Crippen molar-refractivity contribution in [3.63, 3.8) is 0 Å². The second-order valence-corrected chi connectivity index (χ2v) is 8.99. The molecular formula is C11H16BrNO3S2. The molecule has 1 saturated heterocycles. The van der Waals surface area contributed by atoms with Crippen LogP contribution in [0.1, 0.15) is 12.8 Å². The van der Waals surface area contributed by atoms with Crippen molar-refractivity contribution in [2.24, 2.45) is 5.92 Å². The molecule has 1 fully saturated rings. The van der Waals surface area contributed by atoms with Crippen molar-refractivity contribution < 1.29 is 13.2 Å². The molecule has 1 aromatic rings. The molecule has 0 saturated carbocycles. The first-order chi connectivity index (χ1) is 8.54. The van der Waals surface area contributed by atoms with Crippen molar-refractivity contribution in [1.82, 2.24) is 4.31 Å². The van der Waals surface area contributed by atoms with E-state index in [-0.39, 0.29) is 0 Å². The quantitative estimate of drug-likeness (QED) is 0.835. The summed E-state index contributed by atoms with van der Waals surface area (Å²) in [4.78, 5) is 0. The van der Waals surface area contributed by atoms with Gasteiger partial charge in [0, 0.05) is 26.8 Å². The molecule has 7 heteroatoms. The number of methoxy groups -OCH3 is 1. The molecule has 0 amide bonds. The average molecular weight is 354 g/mol. The first-order valence-corrected chi connectivity index (χ1v) is 8.83. The molecule has 0 N–H and O–H groups in total. The van der Waals surface area contributed by atoms with E-state index >= 15 is 0 Å². The van der Waals surface area contributed by atoms with Gasteiger partial charge in [0.05, 0.1) is 3.79 Å². The lowest BCUT2D eigenvalue weighted by Crippen LogP contribution is -2.39. The number of piperidine rings is 1. The fourth-order valence-electron chi connectivity index (χ4n) is 2.12. The standard InChI is InChI=1S/C11H16BrNO3S2/c1-16-8-9-4-6-13(7-5-9)18(14,15)11-3-2-10(12)17-11/h2-3,9H,4-8H2,1H3. The van der Waals surface area contributed by atoms with Crippen LogP contribution in [0.4, 0.5) is 0 Å². The van der Waals surface area contributed by atoms with Crippen LogP contribution >= 0.6 is 27.3 Å². The van der Waals surface area contributed by atoms with E-state index < -0.39 is 10.0 Å². The molecule has 0 aliphatic carbocycles. The van der Waals surface area contributed by atoms with Gasteiger partial charge in [0.2, 0.25) is 0 Å². The maximum Gasteiger partial charge on any atom is 0.252 e. The second kappa shape index (κ2) is 6.00. The van der Waals surface area contributed by atoms with Gasteiger partial charge in [0.1, 0.15) is 4.21 Å². The van der Waals surface area contributed by atoms with Crippen molar-refractivity contribution in [1.29, 1.82) is 0 Å². The van der Waals surface area contributed by atoms with Crippen LogP contribution in [0.5, 0.6) is 0 Å². The largest absolute Gasteiger partial charge is 0.384 e. The van der Waals surface area contributed by atoms with E-state index in [2.05, 4.69) is 15.9 Å². The Labute approximate surface area is 120 Å². The monoisotopic (exact) mass is 353 g/mol. The molecular weight excluding hydrogens is 338 g/mol. The maximum atomic E-state index is 12.3. The first-order valence-electron chi connectivity index (χ1n) is 5.78. The molecule has 0 unspecified atom stereocenters. The Hall–Kier alpha value is 0.0500. The van der Waals surface area contributed by atoms with Crippen molar-refractivity contribution in [3.05, 3.63) is 15.9 Å². The molecule has 102 valence electrons. The summed E-state index contributed by atoms with van der Waals surface area (Å²) in [5.41, 5.74) is 0. The molecule has 1 aromatic heterocycles. The van der Waals surface area contributed by atoms with Crippen molar-refractivity contribution >= 4 is 37.3 Å². The van der Waals surface area contributed by atoms with Gasteiger partial charge >= 0.3 is 0 Å². The first kappa shape index (κ1) is 14.5. The topological polar surface area (TPSA) is 46.6 Å². The molecule has 0 spiro atoms. The number of thiophene rings is 1. The fraction of sp³-hybridized carbons (Fsp3) is 0.636. The summed E-state index contributed by atoms with van der Waals surface area (Å²) >= 11 is 4.56. The highest BCUT2D eigenvalue weighted by atomic mass is 79.9. The Bertz CT molecular complexity index is 492. The van der Waals surface area contributed by atoms with Crippen LogP contribution in [0.15, 0.2) is 20.1 Å². The Morgan fingerprint density at radius 1 is 1.44 bits per heavy atom. The van der Waals surface area contributed by atoms with Crippen molar-refractivity contribution in [3.8, 4) is 0 Å². The van der Waals surface area contributed by atoms with Crippen LogP contribution < -0.4 is 0 Å². The minimum absolute atomic E-state index is 0.416. The summed E-state index contributed by atoms with van der Waals surface area (Å²) in [6.45, 7) is 1.90. The van der Waals surface area contributed by atoms with Gasteiger partial charge in [-0.15, -0.1) is 11.3 Å². The SMILES string of the molecule is COCC1CCN(S(=O)(=O)c2ccc(Br)s2)CC1. The summed E-state index contributed by atoms with van der Waals surface area (Å²) in [5.74, 6) is 0.483. The van der Waals surface area contributed by atoms with Crippen LogP contribution in [0.2, 0.25) is 0 Å². The number of hydrogen-bond donors (Lipinski definition) is 0. The zero-order valence-electron chi connectivity index (χ0n) is 10.1. The van der Waals surface area contributed by atoms with Gasteiger partial charge in [0.25, 0.3) is 10.0 Å². The summed E-state index contributed by atoms with van der Waals surface area (Å²) in [7, 11) is -1.61. The van der Waals surface area contributed by atoms with Gasteiger partial charge in [0.15, 0.2) is 0 Å². The number of sulfonamides is 1. The van der Waals surface area contributed by atoms with Crippen LogP contribution in [0.25, 0.3) is 0 Å². The third kappa shape index (κ3) is 3.14. The van der Waals surface area contributed by atoms with Crippen LogP contribution in [-0.2, 0) is 14.8 Å². The smallest absolute Gasteiger partial charge is 0.252 e. The number of nitrogens with zero attached hydrogens (tertiary/aromatic N) is 1. The van der Waals surface area contributed by atoms with E-state index in [9.17, 15) is 8.42 Å². The zero-order chi connectivity index (χ0) is 13.2. The van der Waals surface area contributed by atoms with Gasteiger partial charge in [-0.3, -0.25) is 0 Å². The summed E-state index contributed by atoms with van der Waals surface area (Å²) < 4.78 is 32.7. The molecule has 1 aliphatic heterocycles. The zero-order valence-corrected chi connectivity index (χ0v) is 13.4. The Balaban J connectivity index is 2.05. The number of halogens is 1. The Morgan fingerprint density at radius 2 is 2.11 bits per heavy atom. The van der Waals surface area contributed by atoms with Gasteiger partial charge in [-0.2, -0.15) is 4.31 Å². The average Bonchev–Trinajstić information content (AvgIpc) is 2.78. The van der Waals surface area contributed by atoms with Gasteiger partial charge in [-0.1, -0.05) is 0 Å². The predicted molar refractivity (Wildman–Crippen MR) is 75.4 cm³/mol. The van der Waals surface area contributed by atoms with E-state index in [1.165, 1.54) is 11.3 Å².